The van der Waals surface area contributed by atoms with E-state index in [1.165, 1.54) is 40.4 Å². The van der Waals surface area contributed by atoms with E-state index in [2.05, 4.69) is 9.97 Å². The smallest absolute Gasteiger partial charge is 0.256 e. The average molecular weight is 447 g/mol. The monoisotopic (exact) mass is 446 g/mol. The quantitative estimate of drug-likeness (QED) is 0.403. The lowest BCUT2D eigenvalue weighted by atomic mass is 10.1. The van der Waals surface area contributed by atoms with Crippen molar-refractivity contribution in [3.8, 4) is 0 Å². The number of aromatic nitrogens is 2. The number of amides is 2. The van der Waals surface area contributed by atoms with Crippen LogP contribution >= 0.6 is 11.6 Å². The molecule has 9 heteroatoms. The minimum absolute atomic E-state index is 0.134. The second kappa shape index (κ2) is 9.78. The Bertz CT molecular complexity index is 1130. The Kier molecular flexibility index (Phi) is 7.12. The maximum Gasteiger partial charge on any atom is 0.256 e. The SMILES string of the molecule is CN(CCCCN(C)C(=O)c1cncc2ccc(F)cc12)C(=O)c1ccnc(Cl)c1F. The van der Waals surface area contributed by atoms with Crippen LogP contribution in [0.3, 0.4) is 0 Å². The van der Waals surface area contributed by atoms with Crippen LogP contribution in [-0.2, 0) is 0 Å². The van der Waals surface area contributed by atoms with E-state index in [0.717, 1.165) is 0 Å². The summed E-state index contributed by atoms with van der Waals surface area (Å²) in [4.78, 5) is 35.8. The molecule has 3 rings (SSSR count). The molecule has 0 saturated heterocycles. The number of fused-ring (bicyclic) bond motifs is 1. The molecule has 0 unspecified atom stereocenters. The van der Waals surface area contributed by atoms with Crippen LogP contribution in [-0.4, -0.2) is 58.8 Å². The lowest BCUT2D eigenvalue weighted by molar-refractivity contribution is 0.0764. The van der Waals surface area contributed by atoms with Crippen molar-refractivity contribution in [2.24, 2.45) is 0 Å². The van der Waals surface area contributed by atoms with Gasteiger partial charge in [-0.15, -0.1) is 0 Å². The largest absolute Gasteiger partial charge is 0.342 e. The van der Waals surface area contributed by atoms with Gasteiger partial charge in [0.1, 0.15) is 5.82 Å². The van der Waals surface area contributed by atoms with Gasteiger partial charge >= 0.3 is 0 Å². The first-order chi connectivity index (χ1) is 14.8. The van der Waals surface area contributed by atoms with Crippen LogP contribution in [0.2, 0.25) is 5.15 Å². The van der Waals surface area contributed by atoms with Crippen molar-refractivity contribution in [1.82, 2.24) is 19.8 Å². The summed E-state index contributed by atoms with van der Waals surface area (Å²) < 4.78 is 27.6. The van der Waals surface area contributed by atoms with Crippen LogP contribution in [0.1, 0.15) is 33.6 Å². The molecule has 2 heterocycles. The number of halogens is 3. The summed E-state index contributed by atoms with van der Waals surface area (Å²) in [5.74, 6) is -2.02. The van der Waals surface area contributed by atoms with E-state index in [0.29, 0.717) is 42.3 Å². The molecule has 0 aliphatic heterocycles. The number of unbranched alkanes of at least 4 members (excludes halogenated alkanes) is 1. The molecule has 0 saturated carbocycles. The number of hydrogen-bond acceptors (Lipinski definition) is 4. The highest BCUT2D eigenvalue weighted by molar-refractivity contribution is 6.29. The van der Waals surface area contributed by atoms with E-state index in [-0.39, 0.29) is 16.6 Å². The minimum atomic E-state index is -0.841. The van der Waals surface area contributed by atoms with Crippen LogP contribution in [0.4, 0.5) is 8.78 Å². The Balaban J connectivity index is 1.55. The number of carbonyl (C=O) groups excluding carboxylic acids is 2. The lowest BCUT2D eigenvalue weighted by Gasteiger charge is -2.20. The molecule has 6 nitrogen and oxygen atoms in total. The van der Waals surface area contributed by atoms with Crippen molar-refractivity contribution in [3.05, 3.63) is 70.8 Å². The molecule has 0 fully saturated rings. The molecule has 3 aromatic rings. The summed E-state index contributed by atoms with van der Waals surface area (Å²) in [6, 6.07) is 5.52. The molecular formula is C22H21ClF2N4O2. The Labute approximate surface area is 183 Å². The summed E-state index contributed by atoms with van der Waals surface area (Å²) in [6.45, 7) is 0.809. The molecule has 162 valence electrons. The summed E-state index contributed by atoms with van der Waals surface area (Å²) in [5, 5.41) is 0.849. The third kappa shape index (κ3) is 5.14. The van der Waals surface area contributed by atoms with Gasteiger partial charge in [0.2, 0.25) is 0 Å². The Hall–Kier alpha value is -3.13. The van der Waals surface area contributed by atoms with Gasteiger partial charge in [0.25, 0.3) is 11.8 Å². The van der Waals surface area contributed by atoms with Crippen molar-refractivity contribution >= 4 is 34.2 Å². The highest BCUT2D eigenvalue weighted by Gasteiger charge is 2.19. The van der Waals surface area contributed by atoms with Crippen LogP contribution < -0.4 is 0 Å². The van der Waals surface area contributed by atoms with Gasteiger partial charge in [0, 0.05) is 56.5 Å². The fraction of sp³-hybridized carbons (Fsp3) is 0.273. The Morgan fingerprint density at radius 2 is 1.61 bits per heavy atom. The van der Waals surface area contributed by atoms with Crippen molar-refractivity contribution in [2.75, 3.05) is 27.2 Å². The number of carbonyl (C=O) groups is 2. The highest BCUT2D eigenvalue weighted by Crippen LogP contribution is 2.20. The molecule has 31 heavy (non-hydrogen) atoms. The molecule has 1 aromatic carbocycles. The normalized spacial score (nSPS) is 10.9. The molecule has 0 radical (unpaired) electrons. The first-order valence-electron chi connectivity index (χ1n) is 9.63. The Morgan fingerprint density at radius 1 is 0.968 bits per heavy atom. The number of benzene rings is 1. The van der Waals surface area contributed by atoms with E-state index < -0.39 is 17.5 Å². The predicted molar refractivity (Wildman–Crippen MR) is 114 cm³/mol. The summed E-state index contributed by atoms with van der Waals surface area (Å²) in [6.07, 6.45) is 5.51. The van der Waals surface area contributed by atoms with Gasteiger partial charge in [-0.1, -0.05) is 11.6 Å². The maximum absolute atomic E-state index is 14.0. The zero-order valence-corrected chi connectivity index (χ0v) is 17.9. The second-order valence-corrected chi connectivity index (χ2v) is 7.53. The zero-order chi connectivity index (χ0) is 22.5. The van der Waals surface area contributed by atoms with Gasteiger partial charge in [-0.25, -0.2) is 13.8 Å². The van der Waals surface area contributed by atoms with Crippen molar-refractivity contribution in [3.63, 3.8) is 0 Å². The second-order valence-electron chi connectivity index (χ2n) is 7.18. The van der Waals surface area contributed by atoms with Gasteiger partial charge in [-0.2, -0.15) is 0 Å². The first-order valence-corrected chi connectivity index (χ1v) is 10.0. The van der Waals surface area contributed by atoms with E-state index >= 15 is 0 Å². The fourth-order valence-electron chi connectivity index (χ4n) is 3.20. The van der Waals surface area contributed by atoms with Gasteiger partial charge < -0.3 is 9.80 Å². The van der Waals surface area contributed by atoms with Gasteiger partial charge in [0.05, 0.1) is 11.1 Å². The molecule has 0 atom stereocenters. The van der Waals surface area contributed by atoms with E-state index in [4.69, 9.17) is 11.6 Å². The topological polar surface area (TPSA) is 66.4 Å². The van der Waals surface area contributed by atoms with Gasteiger partial charge in [0.15, 0.2) is 11.0 Å². The Morgan fingerprint density at radius 3 is 2.29 bits per heavy atom. The molecule has 0 aliphatic rings. The van der Waals surface area contributed by atoms with E-state index in [9.17, 15) is 18.4 Å². The standard InChI is InChI=1S/C22H21ClF2N4O2/c1-28(21(30)16-7-8-27-20(23)19(16)25)9-3-4-10-29(2)22(31)18-13-26-12-14-5-6-15(24)11-17(14)18/h5-8,11-13H,3-4,9-10H2,1-2H3. The molecule has 0 N–H and O–H groups in total. The zero-order valence-electron chi connectivity index (χ0n) is 17.1. The van der Waals surface area contributed by atoms with Crippen LogP contribution in [0.15, 0.2) is 42.9 Å². The number of rotatable bonds is 7. The summed E-state index contributed by atoms with van der Waals surface area (Å²) >= 11 is 5.63. The molecular weight excluding hydrogens is 426 g/mol. The van der Waals surface area contributed by atoms with Crippen LogP contribution in [0.25, 0.3) is 10.8 Å². The summed E-state index contributed by atoms with van der Waals surface area (Å²) in [7, 11) is 3.23. The highest BCUT2D eigenvalue weighted by atomic mass is 35.5. The predicted octanol–water partition coefficient (Wildman–Crippen LogP) is 4.19. The average Bonchev–Trinajstić information content (AvgIpc) is 2.76. The summed E-state index contributed by atoms with van der Waals surface area (Å²) in [5.41, 5.74) is 0.197. The number of pyridine rings is 2. The van der Waals surface area contributed by atoms with Crippen molar-refractivity contribution in [2.45, 2.75) is 12.8 Å². The number of nitrogens with zero attached hydrogens (tertiary/aromatic N) is 4. The van der Waals surface area contributed by atoms with Crippen LogP contribution in [0, 0.1) is 11.6 Å². The number of hydrogen-bond donors (Lipinski definition) is 0. The third-order valence-corrected chi connectivity index (χ3v) is 5.22. The van der Waals surface area contributed by atoms with Crippen molar-refractivity contribution < 1.29 is 18.4 Å². The molecule has 0 aliphatic carbocycles. The lowest BCUT2D eigenvalue weighted by Crippen LogP contribution is -2.31. The maximum atomic E-state index is 14.0. The molecule has 2 amide bonds. The van der Waals surface area contributed by atoms with E-state index in [1.807, 2.05) is 0 Å². The molecule has 2 aromatic heterocycles. The molecule has 0 spiro atoms. The van der Waals surface area contributed by atoms with Crippen molar-refractivity contribution in [1.29, 1.82) is 0 Å². The fourth-order valence-corrected chi connectivity index (χ4v) is 3.36. The van der Waals surface area contributed by atoms with Gasteiger partial charge in [-0.05, 0) is 37.1 Å². The minimum Gasteiger partial charge on any atom is -0.342 e. The van der Waals surface area contributed by atoms with E-state index in [1.54, 1.807) is 26.4 Å². The first kappa shape index (κ1) is 22.6. The van der Waals surface area contributed by atoms with Crippen LogP contribution in [0.5, 0.6) is 0 Å². The third-order valence-electron chi connectivity index (χ3n) is 4.96. The molecule has 0 bridgehead atoms. The van der Waals surface area contributed by atoms with Gasteiger partial charge in [-0.3, -0.25) is 14.6 Å².